The van der Waals surface area contributed by atoms with Crippen molar-refractivity contribution in [2.45, 2.75) is 25.7 Å². The van der Waals surface area contributed by atoms with Crippen LogP contribution in [-0.2, 0) is 11.2 Å². The molecule has 19 heavy (non-hydrogen) atoms. The first kappa shape index (κ1) is 12.1. The Morgan fingerprint density at radius 1 is 1.53 bits per heavy atom. The van der Waals surface area contributed by atoms with Crippen LogP contribution in [0.2, 0.25) is 0 Å². The Balaban J connectivity index is 2.03. The predicted molar refractivity (Wildman–Crippen MR) is 74.6 cm³/mol. The first-order valence-corrected chi connectivity index (χ1v) is 6.62. The maximum Gasteiger partial charge on any atom is 0.216 e. The largest absolute Gasteiger partial charge is 0.496 e. The summed E-state index contributed by atoms with van der Waals surface area (Å²) < 4.78 is 5.45. The van der Waals surface area contributed by atoms with Crippen LogP contribution in [0.1, 0.15) is 30.4 Å². The number of H-pyrrole nitrogens is 1. The Morgan fingerprint density at radius 2 is 2.37 bits per heavy atom. The molecule has 0 aliphatic heterocycles. The number of carbonyl (C=O) groups is 1. The second-order valence-electron chi connectivity index (χ2n) is 5.09. The van der Waals surface area contributed by atoms with Gasteiger partial charge in [-0.25, -0.2) is 0 Å². The van der Waals surface area contributed by atoms with Crippen LogP contribution in [0, 0.1) is 0 Å². The Bertz CT molecular complexity index is 630. The van der Waals surface area contributed by atoms with E-state index in [0.29, 0.717) is 12.5 Å². The van der Waals surface area contributed by atoms with Crippen LogP contribution in [0.15, 0.2) is 18.3 Å². The highest BCUT2D eigenvalue weighted by molar-refractivity contribution is 5.90. The van der Waals surface area contributed by atoms with Gasteiger partial charge < -0.3 is 15.0 Å². The smallest absolute Gasteiger partial charge is 0.216 e. The van der Waals surface area contributed by atoms with Crippen molar-refractivity contribution in [1.29, 1.82) is 0 Å². The number of nitrogens with one attached hydrogen (secondary N) is 2. The Morgan fingerprint density at radius 3 is 3.11 bits per heavy atom. The molecule has 0 unspecified atom stereocenters. The number of aryl methyl sites for hydroxylation is 1. The van der Waals surface area contributed by atoms with E-state index in [9.17, 15) is 4.79 Å². The number of benzene rings is 1. The zero-order valence-electron chi connectivity index (χ0n) is 11.2. The molecule has 1 aliphatic carbocycles. The van der Waals surface area contributed by atoms with Gasteiger partial charge in [0.15, 0.2) is 0 Å². The van der Waals surface area contributed by atoms with Crippen LogP contribution in [0.4, 0.5) is 0 Å². The van der Waals surface area contributed by atoms with Crippen molar-refractivity contribution >= 4 is 16.8 Å². The predicted octanol–water partition coefficient (Wildman–Crippen LogP) is 2.34. The Hall–Kier alpha value is -1.97. The van der Waals surface area contributed by atoms with Crippen LogP contribution in [-0.4, -0.2) is 24.5 Å². The lowest BCUT2D eigenvalue weighted by molar-refractivity contribution is -0.119. The average Bonchev–Trinajstić information content (AvgIpc) is 2.84. The Labute approximate surface area is 112 Å². The lowest BCUT2D eigenvalue weighted by atomic mass is 9.84. The summed E-state index contributed by atoms with van der Waals surface area (Å²) in [5.41, 5.74) is 3.73. The highest BCUT2D eigenvalue weighted by Gasteiger charge is 2.25. The molecule has 2 N–H and O–H groups in total. The van der Waals surface area contributed by atoms with Gasteiger partial charge in [-0.15, -0.1) is 0 Å². The molecular formula is C15H18N2O2. The van der Waals surface area contributed by atoms with Crippen LogP contribution in [0.5, 0.6) is 5.75 Å². The number of carbonyl (C=O) groups excluding carboxylic acids is 1. The second kappa shape index (κ2) is 4.61. The van der Waals surface area contributed by atoms with Crippen molar-refractivity contribution < 1.29 is 9.53 Å². The van der Waals surface area contributed by atoms with Crippen molar-refractivity contribution in [2.75, 3.05) is 13.7 Å². The molecule has 0 bridgehead atoms. The fourth-order valence-electron chi connectivity index (χ4n) is 3.02. The zero-order valence-corrected chi connectivity index (χ0v) is 11.2. The highest BCUT2D eigenvalue weighted by Crippen LogP contribution is 2.40. The molecule has 0 saturated heterocycles. The molecule has 3 rings (SSSR count). The lowest BCUT2D eigenvalue weighted by Crippen LogP contribution is -2.27. The van der Waals surface area contributed by atoms with Crippen LogP contribution in [0.3, 0.4) is 0 Å². The minimum atomic E-state index is 0.0308. The van der Waals surface area contributed by atoms with Gasteiger partial charge in [0, 0.05) is 42.0 Å². The number of aromatic nitrogens is 1. The van der Waals surface area contributed by atoms with Gasteiger partial charge >= 0.3 is 0 Å². The number of amides is 1. The van der Waals surface area contributed by atoms with Gasteiger partial charge in [-0.1, -0.05) is 0 Å². The lowest BCUT2D eigenvalue weighted by Gasteiger charge is -2.24. The Kier molecular flexibility index (Phi) is 2.93. The van der Waals surface area contributed by atoms with E-state index >= 15 is 0 Å². The van der Waals surface area contributed by atoms with Crippen LogP contribution in [0.25, 0.3) is 10.9 Å². The molecule has 1 heterocycles. The zero-order chi connectivity index (χ0) is 13.4. The molecule has 0 saturated carbocycles. The van der Waals surface area contributed by atoms with Gasteiger partial charge in [0.1, 0.15) is 5.75 Å². The minimum absolute atomic E-state index is 0.0308. The third-order valence-electron chi connectivity index (χ3n) is 3.94. The van der Waals surface area contributed by atoms with Gasteiger partial charge in [0.25, 0.3) is 0 Å². The summed E-state index contributed by atoms with van der Waals surface area (Å²) in [4.78, 5) is 14.4. The second-order valence-corrected chi connectivity index (χ2v) is 5.09. The maximum atomic E-state index is 11.1. The van der Waals surface area contributed by atoms with E-state index in [1.165, 1.54) is 16.5 Å². The summed E-state index contributed by atoms with van der Waals surface area (Å²) in [6.45, 7) is 2.27. The number of methoxy groups -OCH3 is 1. The number of hydrogen-bond acceptors (Lipinski definition) is 2. The van der Waals surface area contributed by atoms with Crippen molar-refractivity contribution in [3.8, 4) is 5.75 Å². The third kappa shape index (κ3) is 1.97. The molecule has 100 valence electrons. The van der Waals surface area contributed by atoms with Gasteiger partial charge in [-0.05, 0) is 30.5 Å². The van der Waals surface area contributed by atoms with Crippen molar-refractivity contribution in [1.82, 2.24) is 10.3 Å². The van der Waals surface area contributed by atoms with Gasteiger partial charge in [0.05, 0.1) is 7.11 Å². The SMILES string of the molecule is COc1ccc2[nH]cc3c2c1CC[C@@H]3CNC(C)=O. The van der Waals surface area contributed by atoms with E-state index < -0.39 is 0 Å². The summed E-state index contributed by atoms with van der Waals surface area (Å²) in [6.07, 6.45) is 4.11. The average molecular weight is 258 g/mol. The molecule has 0 spiro atoms. The summed E-state index contributed by atoms with van der Waals surface area (Å²) in [5, 5.41) is 4.20. The number of ether oxygens (including phenoxy) is 1. The number of aromatic amines is 1. The molecule has 1 amide bonds. The molecule has 2 aromatic rings. The summed E-state index contributed by atoms with van der Waals surface area (Å²) in [6, 6.07) is 4.08. The molecule has 0 radical (unpaired) electrons. The molecule has 0 fully saturated rings. The van der Waals surface area contributed by atoms with E-state index in [1.54, 1.807) is 14.0 Å². The first-order chi connectivity index (χ1) is 9.20. The van der Waals surface area contributed by atoms with Gasteiger partial charge in [-0.2, -0.15) is 0 Å². The summed E-state index contributed by atoms with van der Waals surface area (Å²) in [5.74, 6) is 1.38. The normalized spacial score (nSPS) is 17.5. The monoisotopic (exact) mass is 258 g/mol. The molecular weight excluding hydrogens is 240 g/mol. The molecule has 1 aromatic carbocycles. The minimum Gasteiger partial charge on any atom is -0.496 e. The molecule has 1 aromatic heterocycles. The number of hydrogen-bond donors (Lipinski definition) is 2. The molecule has 4 nitrogen and oxygen atoms in total. The van der Waals surface area contributed by atoms with Crippen molar-refractivity contribution in [2.24, 2.45) is 0 Å². The van der Waals surface area contributed by atoms with E-state index in [2.05, 4.69) is 22.6 Å². The topological polar surface area (TPSA) is 54.1 Å². The van der Waals surface area contributed by atoms with Crippen molar-refractivity contribution in [3.63, 3.8) is 0 Å². The summed E-state index contributed by atoms with van der Waals surface area (Å²) >= 11 is 0. The fourth-order valence-corrected chi connectivity index (χ4v) is 3.02. The summed E-state index contributed by atoms with van der Waals surface area (Å²) in [7, 11) is 1.72. The molecule has 4 heteroatoms. The van der Waals surface area contributed by atoms with Gasteiger partial charge in [-0.3, -0.25) is 4.79 Å². The van der Waals surface area contributed by atoms with Crippen LogP contribution < -0.4 is 10.1 Å². The standard InChI is InChI=1S/C15H18N2O2/c1-9(18)16-7-10-3-4-11-14(19-2)6-5-13-15(11)12(10)8-17-13/h5-6,8,10,17H,3-4,7H2,1-2H3,(H,16,18)/t10-/m1/s1. The van der Waals surface area contributed by atoms with E-state index in [1.807, 2.05) is 6.07 Å². The third-order valence-corrected chi connectivity index (χ3v) is 3.94. The van der Waals surface area contributed by atoms with Crippen molar-refractivity contribution in [3.05, 3.63) is 29.5 Å². The fraction of sp³-hybridized carbons (Fsp3) is 0.400. The number of rotatable bonds is 3. The quantitative estimate of drug-likeness (QED) is 0.888. The highest BCUT2D eigenvalue weighted by atomic mass is 16.5. The maximum absolute atomic E-state index is 11.1. The van der Waals surface area contributed by atoms with E-state index in [0.717, 1.165) is 24.1 Å². The molecule has 1 atom stereocenters. The van der Waals surface area contributed by atoms with Gasteiger partial charge in [0.2, 0.25) is 5.91 Å². The van der Waals surface area contributed by atoms with Crippen LogP contribution >= 0.6 is 0 Å². The van der Waals surface area contributed by atoms with E-state index in [-0.39, 0.29) is 5.91 Å². The van der Waals surface area contributed by atoms with E-state index in [4.69, 9.17) is 4.74 Å². The first-order valence-electron chi connectivity index (χ1n) is 6.62. The molecule has 1 aliphatic rings.